The third-order valence-electron chi connectivity index (χ3n) is 5.39. The molecule has 1 aliphatic rings. The van der Waals surface area contributed by atoms with Crippen molar-refractivity contribution in [3.63, 3.8) is 0 Å². The van der Waals surface area contributed by atoms with Crippen molar-refractivity contribution in [2.24, 2.45) is 11.8 Å². The molecule has 0 aromatic heterocycles. The van der Waals surface area contributed by atoms with Gasteiger partial charge in [-0.15, -0.1) is 0 Å². The molecule has 0 saturated carbocycles. The van der Waals surface area contributed by atoms with Crippen LogP contribution in [0.25, 0.3) is 0 Å². The quantitative estimate of drug-likeness (QED) is 0.337. The summed E-state index contributed by atoms with van der Waals surface area (Å²) in [6, 6.07) is 0. The van der Waals surface area contributed by atoms with E-state index < -0.39 is 78.5 Å². The summed E-state index contributed by atoms with van der Waals surface area (Å²) in [6.07, 6.45) is -4.50. The van der Waals surface area contributed by atoms with Gasteiger partial charge in [-0.2, -0.15) is 0 Å². The molecule has 0 radical (unpaired) electrons. The Bertz CT molecular complexity index is 765. The van der Waals surface area contributed by atoms with Crippen LogP contribution in [0.4, 0.5) is 0 Å². The highest BCUT2D eigenvalue weighted by Gasteiger charge is 2.61. The Balaban J connectivity index is 3.61. The Hall–Kier alpha value is -2.73. The van der Waals surface area contributed by atoms with Gasteiger partial charge < -0.3 is 33.5 Å². The number of aliphatic hydroxyl groups is 1. The fourth-order valence-corrected chi connectivity index (χ4v) is 4.10. The van der Waals surface area contributed by atoms with Gasteiger partial charge in [-0.1, -0.05) is 20.3 Å². The van der Waals surface area contributed by atoms with E-state index in [1.807, 2.05) is 0 Å². The van der Waals surface area contributed by atoms with Crippen LogP contribution in [-0.2, 0) is 52.4 Å². The van der Waals surface area contributed by atoms with Crippen molar-refractivity contribution >= 4 is 29.8 Å². The minimum atomic E-state index is -2.58. The van der Waals surface area contributed by atoms with E-state index in [4.69, 9.17) is 28.4 Å². The van der Waals surface area contributed by atoms with Gasteiger partial charge in [-0.3, -0.25) is 19.2 Å². The molecule has 1 aliphatic heterocycles. The molecule has 0 bridgehead atoms. The van der Waals surface area contributed by atoms with Crippen molar-refractivity contribution in [1.82, 2.24) is 0 Å². The first-order valence-electron chi connectivity index (χ1n) is 10.9. The lowest BCUT2D eigenvalue weighted by molar-refractivity contribution is -0.331. The Kier molecular flexibility index (Phi) is 10.9. The first-order valence-corrected chi connectivity index (χ1v) is 10.9. The fraction of sp³-hybridized carbons (Fsp3) is 0.773. The summed E-state index contributed by atoms with van der Waals surface area (Å²) in [6.45, 7) is 7.39. The van der Waals surface area contributed by atoms with Crippen LogP contribution in [0.3, 0.4) is 0 Å². The van der Waals surface area contributed by atoms with Gasteiger partial charge in [0.1, 0.15) is 18.8 Å². The highest BCUT2D eigenvalue weighted by Crippen LogP contribution is 2.43. The molecule has 0 spiro atoms. The van der Waals surface area contributed by atoms with E-state index in [0.717, 1.165) is 27.9 Å². The number of carbonyl (C=O) groups excluding carboxylic acids is 5. The molecule has 1 N–H and O–H groups in total. The molecule has 7 atom stereocenters. The lowest BCUT2D eigenvalue weighted by atomic mass is 9.75. The largest absolute Gasteiger partial charge is 0.465 e. The van der Waals surface area contributed by atoms with Crippen molar-refractivity contribution in [1.29, 1.82) is 0 Å². The number of methoxy groups -OCH3 is 1. The van der Waals surface area contributed by atoms with Crippen LogP contribution >= 0.6 is 0 Å². The number of ether oxygens (including phenoxy) is 6. The molecule has 0 aromatic carbocycles. The predicted molar refractivity (Wildman–Crippen MR) is 113 cm³/mol. The average molecular weight is 491 g/mol. The van der Waals surface area contributed by atoms with Gasteiger partial charge in [0.05, 0.1) is 13.0 Å². The van der Waals surface area contributed by atoms with Crippen LogP contribution in [-0.4, -0.2) is 78.9 Å². The van der Waals surface area contributed by atoms with Crippen molar-refractivity contribution < 1.29 is 57.5 Å². The first-order chi connectivity index (χ1) is 15.8. The van der Waals surface area contributed by atoms with Crippen LogP contribution in [0, 0.1) is 11.8 Å². The van der Waals surface area contributed by atoms with E-state index in [1.54, 1.807) is 13.8 Å². The molecule has 12 nitrogen and oxygen atoms in total. The lowest BCUT2D eigenvalue weighted by Gasteiger charge is -2.50. The molecular weight excluding hydrogens is 456 g/mol. The summed E-state index contributed by atoms with van der Waals surface area (Å²) in [7, 11) is 1.05. The van der Waals surface area contributed by atoms with Gasteiger partial charge in [-0.25, -0.2) is 4.79 Å². The number of hydrogen-bond donors (Lipinski definition) is 1. The second kappa shape index (κ2) is 12.7. The summed E-state index contributed by atoms with van der Waals surface area (Å²) in [5, 5.41) is 11.3. The van der Waals surface area contributed by atoms with Gasteiger partial charge in [0.25, 0.3) is 5.79 Å². The maximum absolute atomic E-state index is 12.7. The third kappa shape index (κ3) is 7.39. The minimum Gasteiger partial charge on any atom is -0.465 e. The molecule has 1 unspecified atom stereocenters. The minimum absolute atomic E-state index is 0.222. The van der Waals surface area contributed by atoms with E-state index in [9.17, 15) is 29.1 Å². The zero-order chi connectivity index (χ0) is 26.2. The summed E-state index contributed by atoms with van der Waals surface area (Å²) < 4.78 is 31.6. The van der Waals surface area contributed by atoms with Crippen molar-refractivity contribution in [2.45, 2.75) is 84.6 Å². The predicted octanol–water partition coefficient (Wildman–Crippen LogP) is 0.657. The summed E-state index contributed by atoms with van der Waals surface area (Å²) >= 11 is 0. The van der Waals surface area contributed by atoms with E-state index in [-0.39, 0.29) is 6.42 Å². The Morgan fingerprint density at radius 3 is 2.00 bits per heavy atom. The molecule has 0 amide bonds. The number of rotatable bonds is 10. The maximum Gasteiger partial charge on any atom is 0.366 e. The van der Waals surface area contributed by atoms with Gasteiger partial charge >= 0.3 is 29.8 Å². The lowest BCUT2D eigenvalue weighted by Crippen LogP contribution is -2.66. The average Bonchev–Trinajstić information content (AvgIpc) is 2.73. The maximum atomic E-state index is 12.7. The highest BCUT2D eigenvalue weighted by molar-refractivity contribution is 5.78. The van der Waals surface area contributed by atoms with Crippen molar-refractivity contribution in [3.8, 4) is 0 Å². The van der Waals surface area contributed by atoms with E-state index in [2.05, 4.69) is 0 Å². The van der Waals surface area contributed by atoms with Crippen LogP contribution in [0.5, 0.6) is 0 Å². The molecule has 0 aliphatic carbocycles. The normalized spacial score (nSPS) is 28.1. The number of carbonyl (C=O) groups is 5. The third-order valence-corrected chi connectivity index (χ3v) is 5.39. The summed E-state index contributed by atoms with van der Waals surface area (Å²) in [5.41, 5.74) is 0. The molecule has 12 heteroatoms. The first kappa shape index (κ1) is 29.3. The van der Waals surface area contributed by atoms with Crippen LogP contribution in [0.15, 0.2) is 0 Å². The smallest absolute Gasteiger partial charge is 0.366 e. The molecule has 0 aromatic rings. The van der Waals surface area contributed by atoms with Crippen LogP contribution < -0.4 is 0 Å². The molecule has 1 rings (SSSR count). The topological polar surface area (TPSA) is 161 Å². The molecule has 194 valence electrons. The van der Waals surface area contributed by atoms with Gasteiger partial charge in [0, 0.05) is 33.6 Å². The molecule has 1 saturated heterocycles. The highest BCUT2D eigenvalue weighted by atomic mass is 16.7. The van der Waals surface area contributed by atoms with Gasteiger partial charge in [-0.05, 0) is 6.42 Å². The van der Waals surface area contributed by atoms with Gasteiger partial charge in [0.15, 0.2) is 12.2 Å². The molecule has 1 fully saturated rings. The second-order valence-corrected chi connectivity index (χ2v) is 8.12. The zero-order valence-electron chi connectivity index (χ0n) is 20.5. The van der Waals surface area contributed by atoms with Crippen molar-refractivity contribution in [2.75, 3.05) is 13.7 Å². The monoisotopic (exact) mass is 490 g/mol. The molecule has 34 heavy (non-hydrogen) atoms. The van der Waals surface area contributed by atoms with Crippen LogP contribution in [0.1, 0.15) is 54.4 Å². The SMILES string of the molecule is CCC[C@H]1[C@H](OC(C)=O)[C@@H](C)[C@H]([C@H](OC(C)=O)[C@@H](COC(C)=O)OC(C)=O)OC1(O)C(=O)OC. The van der Waals surface area contributed by atoms with Crippen LogP contribution in [0.2, 0.25) is 0 Å². The van der Waals surface area contributed by atoms with E-state index in [0.29, 0.717) is 6.42 Å². The number of esters is 5. The molecular formula is C22H34O12. The van der Waals surface area contributed by atoms with E-state index in [1.165, 1.54) is 6.92 Å². The summed E-state index contributed by atoms with van der Waals surface area (Å²) in [5.74, 6) is -8.46. The van der Waals surface area contributed by atoms with Crippen molar-refractivity contribution in [3.05, 3.63) is 0 Å². The second-order valence-electron chi connectivity index (χ2n) is 8.12. The summed E-state index contributed by atoms with van der Waals surface area (Å²) in [4.78, 5) is 59.6. The zero-order valence-corrected chi connectivity index (χ0v) is 20.5. The number of hydrogen-bond acceptors (Lipinski definition) is 12. The fourth-order valence-electron chi connectivity index (χ4n) is 4.10. The van der Waals surface area contributed by atoms with E-state index >= 15 is 0 Å². The van der Waals surface area contributed by atoms with Gasteiger partial charge in [0.2, 0.25) is 0 Å². The molecule has 1 heterocycles. The Labute approximate surface area is 198 Å². The Morgan fingerprint density at radius 1 is 0.971 bits per heavy atom. The standard InChI is InChI=1S/C22H34O12/c1-8-9-16-18(32-14(5)25)11(2)19(34-22(16,28)21(27)29-7)20(33-15(6)26)17(31-13(4)24)10-30-12(3)23/h11,16-20,28H,8-10H2,1-7H3/t11-,16+,17-,18-,19-,20-,22?/m1/s1. The Morgan fingerprint density at radius 2 is 1.56 bits per heavy atom.